The van der Waals surface area contributed by atoms with Gasteiger partial charge >= 0.3 is 0 Å². The second-order valence-electron chi connectivity index (χ2n) is 4.73. The molecule has 1 aliphatic rings. The van der Waals surface area contributed by atoms with Gasteiger partial charge < -0.3 is 5.32 Å². The Kier molecular flexibility index (Phi) is 6.00. The lowest BCUT2D eigenvalue weighted by Gasteiger charge is -2.07. The second kappa shape index (κ2) is 7.52. The highest BCUT2D eigenvalue weighted by molar-refractivity contribution is 5.86. The summed E-state index contributed by atoms with van der Waals surface area (Å²) in [6.45, 7) is 12.7. The summed E-state index contributed by atoms with van der Waals surface area (Å²) < 4.78 is 0. The number of hydrogen-bond donors (Lipinski definition) is 1. The van der Waals surface area contributed by atoms with Gasteiger partial charge in [0.05, 0.1) is 11.4 Å². The molecule has 0 atom stereocenters. The van der Waals surface area contributed by atoms with Crippen LogP contribution in [-0.2, 0) is 0 Å². The minimum atomic E-state index is 0.909. The smallest absolute Gasteiger partial charge is 0.0853 e. The highest BCUT2D eigenvalue weighted by atomic mass is 14.9. The fraction of sp³-hybridized carbons (Fsp3) is 0.375. The Morgan fingerprint density at radius 3 is 2.47 bits per heavy atom. The third-order valence-corrected chi connectivity index (χ3v) is 2.73. The van der Waals surface area contributed by atoms with E-state index in [0.717, 1.165) is 24.3 Å². The molecule has 1 heterocycles. The van der Waals surface area contributed by atoms with Crippen LogP contribution in [-0.4, -0.2) is 19.0 Å². The summed E-state index contributed by atoms with van der Waals surface area (Å²) in [5, 5.41) is 3.23. The fourth-order valence-corrected chi connectivity index (χ4v) is 1.84. The lowest BCUT2D eigenvalue weighted by molar-refractivity contribution is 1.21. The maximum atomic E-state index is 4.07. The van der Waals surface area contributed by atoms with Crippen LogP contribution in [0.25, 0.3) is 0 Å². The molecule has 1 aliphatic heterocycles. The number of rotatable bonds is 3. The molecule has 0 fully saturated rings. The maximum Gasteiger partial charge on any atom is 0.0853 e. The predicted octanol–water partition coefficient (Wildman–Crippen LogP) is 4.51. The molecule has 1 aromatic carbocycles. The molecule has 0 aliphatic carbocycles. The zero-order valence-corrected chi connectivity index (χ0v) is 12.3. The first-order valence-corrected chi connectivity index (χ1v) is 6.57. The number of benzene rings is 1. The van der Waals surface area contributed by atoms with Crippen LogP contribution >= 0.6 is 0 Å². The number of anilines is 1. The summed E-state index contributed by atoms with van der Waals surface area (Å²) in [5.41, 5.74) is 5.82. The zero-order chi connectivity index (χ0) is 14.3. The SMILES string of the molecule is C=Nc1ccc(C)cc1NCC.CC1=CN=C(C)C1. The minimum Gasteiger partial charge on any atom is -0.384 e. The van der Waals surface area contributed by atoms with Gasteiger partial charge in [0.15, 0.2) is 0 Å². The van der Waals surface area contributed by atoms with Crippen molar-refractivity contribution < 1.29 is 0 Å². The molecule has 3 heteroatoms. The van der Waals surface area contributed by atoms with Gasteiger partial charge in [0.2, 0.25) is 0 Å². The van der Waals surface area contributed by atoms with Crippen molar-refractivity contribution in [3.8, 4) is 0 Å². The Hall–Kier alpha value is -1.90. The summed E-state index contributed by atoms with van der Waals surface area (Å²) in [4.78, 5) is 7.99. The Bertz CT molecular complexity index is 483. The number of aryl methyl sites for hydroxylation is 1. The number of nitrogens with zero attached hydrogens (tertiary/aromatic N) is 2. The van der Waals surface area contributed by atoms with E-state index in [1.54, 1.807) is 0 Å². The van der Waals surface area contributed by atoms with Crippen molar-refractivity contribution in [2.24, 2.45) is 9.98 Å². The molecule has 0 bridgehead atoms. The summed E-state index contributed by atoms with van der Waals surface area (Å²) in [5.74, 6) is 0. The summed E-state index contributed by atoms with van der Waals surface area (Å²) in [7, 11) is 0. The third-order valence-electron chi connectivity index (χ3n) is 2.73. The number of aliphatic imine (C=N–C) groups is 2. The Morgan fingerprint density at radius 1 is 1.32 bits per heavy atom. The van der Waals surface area contributed by atoms with Gasteiger partial charge in [0.1, 0.15) is 0 Å². The van der Waals surface area contributed by atoms with E-state index in [1.807, 2.05) is 25.3 Å². The van der Waals surface area contributed by atoms with Crippen LogP contribution < -0.4 is 5.32 Å². The van der Waals surface area contributed by atoms with Crippen molar-refractivity contribution in [1.29, 1.82) is 0 Å². The standard InChI is InChI=1S/C10H14N2.C6H9N/c1-4-12-10-7-8(2)5-6-9(10)11-3;1-5-3-6(2)7-4-5/h5-7,12H,3-4H2,1-2H3;4H,3H2,1-2H3. The number of allylic oxidation sites excluding steroid dienone is 1. The predicted molar refractivity (Wildman–Crippen MR) is 86.0 cm³/mol. The first-order chi connectivity index (χ1) is 9.06. The maximum absolute atomic E-state index is 4.07. The van der Waals surface area contributed by atoms with Crippen molar-refractivity contribution in [1.82, 2.24) is 0 Å². The second-order valence-corrected chi connectivity index (χ2v) is 4.73. The lowest BCUT2D eigenvalue weighted by atomic mass is 10.2. The topological polar surface area (TPSA) is 36.8 Å². The van der Waals surface area contributed by atoms with Gasteiger partial charge in [0.25, 0.3) is 0 Å². The van der Waals surface area contributed by atoms with Crippen LogP contribution in [0, 0.1) is 6.92 Å². The fourth-order valence-electron chi connectivity index (χ4n) is 1.84. The Labute approximate surface area is 116 Å². The van der Waals surface area contributed by atoms with E-state index in [2.05, 4.69) is 48.9 Å². The molecule has 0 aromatic heterocycles. The van der Waals surface area contributed by atoms with Gasteiger partial charge in [0, 0.05) is 24.9 Å². The van der Waals surface area contributed by atoms with Gasteiger partial charge in [-0.05, 0) is 57.7 Å². The first-order valence-electron chi connectivity index (χ1n) is 6.57. The molecule has 102 valence electrons. The van der Waals surface area contributed by atoms with Gasteiger partial charge in [-0.25, -0.2) is 0 Å². The van der Waals surface area contributed by atoms with E-state index >= 15 is 0 Å². The van der Waals surface area contributed by atoms with Crippen LogP contribution in [0.15, 0.2) is 40.0 Å². The highest BCUT2D eigenvalue weighted by Crippen LogP contribution is 2.24. The Morgan fingerprint density at radius 2 is 2.05 bits per heavy atom. The van der Waals surface area contributed by atoms with Crippen LogP contribution in [0.4, 0.5) is 11.4 Å². The number of hydrogen-bond acceptors (Lipinski definition) is 3. The molecule has 3 nitrogen and oxygen atoms in total. The molecule has 0 radical (unpaired) electrons. The molecule has 1 aromatic rings. The quantitative estimate of drug-likeness (QED) is 0.794. The van der Waals surface area contributed by atoms with E-state index in [-0.39, 0.29) is 0 Å². The van der Waals surface area contributed by atoms with Crippen LogP contribution in [0.2, 0.25) is 0 Å². The van der Waals surface area contributed by atoms with Gasteiger partial charge in [-0.15, -0.1) is 0 Å². The normalized spacial score (nSPS) is 13.1. The Balaban J connectivity index is 0.000000218. The molecule has 0 unspecified atom stereocenters. The van der Waals surface area contributed by atoms with E-state index in [4.69, 9.17) is 0 Å². The zero-order valence-electron chi connectivity index (χ0n) is 12.3. The van der Waals surface area contributed by atoms with Gasteiger partial charge in [-0.3, -0.25) is 9.98 Å². The van der Waals surface area contributed by atoms with Crippen LogP contribution in [0.1, 0.15) is 32.8 Å². The van der Waals surface area contributed by atoms with Crippen LogP contribution in [0.5, 0.6) is 0 Å². The highest BCUT2D eigenvalue weighted by Gasteiger charge is 1.98. The van der Waals surface area contributed by atoms with Gasteiger partial charge in [-0.1, -0.05) is 6.07 Å². The molecule has 0 saturated carbocycles. The molecule has 0 spiro atoms. The molecule has 0 saturated heterocycles. The van der Waals surface area contributed by atoms with Crippen molar-refractivity contribution in [2.75, 3.05) is 11.9 Å². The summed E-state index contributed by atoms with van der Waals surface area (Å²) in [6.07, 6.45) is 3.01. The van der Waals surface area contributed by atoms with Crippen molar-refractivity contribution in [2.45, 2.75) is 34.1 Å². The average Bonchev–Trinajstić information content (AvgIpc) is 2.75. The van der Waals surface area contributed by atoms with Crippen molar-refractivity contribution in [3.05, 3.63) is 35.5 Å². The van der Waals surface area contributed by atoms with Crippen molar-refractivity contribution >= 4 is 23.8 Å². The van der Waals surface area contributed by atoms with E-state index in [9.17, 15) is 0 Å². The van der Waals surface area contributed by atoms with Crippen molar-refractivity contribution in [3.63, 3.8) is 0 Å². The average molecular weight is 257 g/mol. The molecular weight excluding hydrogens is 234 g/mol. The molecule has 2 rings (SSSR count). The third kappa shape index (κ3) is 5.08. The molecule has 19 heavy (non-hydrogen) atoms. The molecular formula is C16H23N3. The minimum absolute atomic E-state index is 0.909. The van der Waals surface area contributed by atoms with Gasteiger partial charge in [-0.2, -0.15) is 0 Å². The largest absolute Gasteiger partial charge is 0.384 e. The monoisotopic (exact) mass is 257 g/mol. The van der Waals surface area contributed by atoms with E-state index in [1.165, 1.54) is 16.8 Å². The first kappa shape index (κ1) is 15.2. The molecule has 0 amide bonds. The lowest BCUT2D eigenvalue weighted by Crippen LogP contribution is -1.96. The number of nitrogens with one attached hydrogen (secondary N) is 1. The van der Waals surface area contributed by atoms with Crippen LogP contribution in [0.3, 0.4) is 0 Å². The van der Waals surface area contributed by atoms with E-state index < -0.39 is 0 Å². The summed E-state index contributed by atoms with van der Waals surface area (Å²) in [6, 6.07) is 6.08. The summed E-state index contributed by atoms with van der Waals surface area (Å²) >= 11 is 0. The molecule has 1 N–H and O–H groups in total. The van der Waals surface area contributed by atoms with E-state index in [0.29, 0.717) is 0 Å².